The highest BCUT2D eigenvalue weighted by atomic mass is 79.9. The van der Waals surface area contributed by atoms with Crippen molar-refractivity contribution in [1.29, 1.82) is 0 Å². The largest absolute Gasteiger partial charge is 0.446 e. The lowest BCUT2D eigenvalue weighted by atomic mass is 10.0. The van der Waals surface area contributed by atoms with E-state index in [9.17, 15) is 4.39 Å². The average Bonchev–Trinajstić information content (AvgIpc) is 2.97. The molecule has 0 radical (unpaired) electrons. The lowest BCUT2D eigenvalue weighted by Gasteiger charge is -2.05. The average molecular weight is 358 g/mol. The SMILES string of the molecule is Nc1noc(-c2ccc(Br)o2)c1-c1c(F)cccc1Cl. The maximum atomic E-state index is 14.0. The van der Waals surface area contributed by atoms with Crippen LogP contribution in [0.1, 0.15) is 0 Å². The van der Waals surface area contributed by atoms with Crippen LogP contribution in [0.3, 0.4) is 0 Å². The van der Waals surface area contributed by atoms with Gasteiger partial charge in [0, 0.05) is 5.56 Å². The first-order valence-corrected chi connectivity index (χ1v) is 6.70. The third-order valence-electron chi connectivity index (χ3n) is 2.73. The molecule has 0 aliphatic carbocycles. The number of hydrogen-bond donors (Lipinski definition) is 1. The minimum atomic E-state index is -0.515. The van der Waals surface area contributed by atoms with Gasteiger partial charge in [-0.2, -0.15) is 0 Å². The molecule has 0 fully saturated rings. The van der Waals surface area contributed by atoms with Crippen molar-refractivity contribution in [1.82, 2.24) is 5.16 Å². The summed E-state index contributed by atoms with van der Waals surface area (Å²) >= 11 is 9.24. The van der Waals surface area contributed by atoms with E-state index in [1.165, 1.54) is 12.1 Å². The van der Waals surface area contributed by atoms with Crippen molar-refractivity contribution < 1.29 is 13.3 Å². The van der Waals surface area contributed by atoms with Gasteiger partial charge in [0.1, 0.15) is 5.82 Å². The molecule has 3 rings (SSSR count). The number of hydrogen-bond acceptors (Lipinski definition) is 4. The molecule has 2 N–H and O–H groups in total. The first-order chi connectivity index (χ1) is 9.58. The molecule has 2 aromatic heterocycles. The van der Waals surface area contributed by atoms with Crippen LogP contribution in [0.25, 0.3) is 22.6 Å². The monoisotopic (exact) mass is 356 g/mol. The Labute approximate surface area is 126 Å². The molecule has 4 nitrogen and oxygen atoms in total. The van der Waals surface area contributed by atoms with Gasteiger partial charge in [-0.05, 0) is 40.2 Å². The lowest BCUT2D eigenvalue weighted by Crippen LogP contribution is -1.92. The lowest BCUT2D eigenvalue weighted by molar-refractivity contribution is 0.419. The molecule has 0 saturated heterocycles. The number of halogens is 3. The quantitative estimate of drug-likeness (QED) is 0.719. The topological polar surface area (TPSA) is 65.2 Å². The van der Waals surface area contributed by atoms with E-state index in [1.807, 2.05) is 0 Å². The summed E-state index contributed by atoms with van der Waals surface area (Å²) in [6, 6.07) is 7.70. The predicted octanol–water partition coefficient (Wildman–Crippen LogP) is 4.74. The molecule has 0 aliphatic heterocycles. The van der Waals surface area contributed by atoms with Crippen LogP contribution in [0.2, 0.25) is 5.02 Å². The summed E-state index contributed by atoms with van der Waals surface area (Å²) in [5, 5.41) is 3.88. The number of benzene rings is 1. The van der Waals surface area contributed by atoms with E-state index in [4.69, 9.17) is 26.3 Å². The van der Waals surface area contributed by atoms with Crippen molar-refractivity contribution in [3.63, 3.8) is 0 Å². The standard InChI is InChI=1S/C13H7BrClFN2O2/c14-9-5-4-8(19-9)12-11(13(17)18-20-12)10-6(15)2-1-3-7(10)16/h1-5H,(H2,17,18). The molecule has 0 saturated carbocycles. The zero-order valence-corrected chi connectivity index (χ0v) is 12.2. The highest BCUT2D eigenvalue weighted by Gasteiger charge is 2.24. The summed E-state index contributed by atoms with van der Waals surface area (Å²) < 4.78 is 25.1. The fourth-order valence-electron chi connectivity index (χ4n) is 1.89. The van der Waals surface area contributed by atoms with Gasteiger partial charge in [-0.15, -0.1) is 0 Å². The Kier molecular flexibility index (Phi) is 3.27. The summed E-state index contributed by atoms with van der Waals surface area (Å²) in [5.74, 6) is 0.120. The summed E-state index contributed by atoms with van der Waals surface area (Å²) in [6.07, 6.45) is 0. The molecule has 0 atom stereocenters. The number of furan rings is 1. The Morgan fingerprint density at radius 3 is 2.65 bits per heavy atom. The highest BCUT2D eigenvalue weighted by molar-refractivity contribution is 9.10. The first kappa shape index (κ1) is 13.2. The van der Waals surface area contributed by atoms with E-state index in [0.29, 0.717) is 10.4 Å². The van der Waals surface area contributed by atoms with Crippen molar-refractivity contribution in [2.24, 2.45) is 0 Å². The third kappa shape index (κ3) is 2.10. The van der Waals surface area contributed by atoms with E-state index in [1.54, 1.807) is 18.2 Å². The number of nitrogens with zero attached hydrogens (tertiary/aromatic N) is 1. The summed E-state index contributed by atoms with van der Waals surface area (Å²) in [5.41, 5.74) is 6.18. The summed E-state index contributed by atoms with van der Waals surface area (Å²) in [6.45, 7) is 0. The Balaban J connectivity index is 2.27. The van der Waals surface area contributed by atoms with Crippen LogP contribution in [0.4, 0.5) is 10.2 Å². The maximum Gasteiger partial charge on any atom is 0.212 e. The van der Waals surface area contributed by atoms with Gasteiger partial charge in [0.25, 0.3) is 0 Å². The van der Waals surface area contributed by atoms with Gasteiger partial charge >= 0.3 is 0 Å². The molecule has 0 spiro atoms. The second kappa shape index (κ2) is 4.96. The third-order valence-corrected chi connectivity index (χ3v) is 3.47. The fraction of sp³-hybridized carbons (Fsp3) is 0. The first-order valence-electron chi connectivity index (χ1n) is 5.53. The number of nitrogens with two attached hydrogens (primary N) is 1. The number of anilines is 1. The zero-order valence-electron chi connectivity index (χ0n) is 9.86. The predicted molar refractivity (Wildman–Crippen MR) is 76.7 cm³/mol. The second-order valence-electron chi connectivity index (χ2n) is 3.97. The van der Waals surface area contributed by atoms with E-state index < -0.39 is 5.82 Å². The molecule has 7 heteroatoms. The molecule has 102 valence electrons. The molecule has 1 aromatic carbocycles. The van der Waals surface area contributed by atoms with Crippen LogP contribution in [0.15, 0.2) is 43.9 Å². The van der Waals surface area contributed by atoms with Gasteiger partial charge in [-0.3, -0.25) is 0 Å². The van der Waals surface area contributed by atoms with Crippen LogP contribution in [-0.4, -0.2) is 5.16 Å². The molecule has 3 aromatic rings. The molecule has 20 heavy (non-hydrogen) atoms. The summed E-state index contributed by atoms with van der Waals surface area (Å²) in [7, 11) is 0. The van der Waals surface area contributed by atoms with E-state index in [0.717, 1.165) is 0 Å². The molecule has 2 heterocycles. The van der Waals surface area contributed by atoms with Gasteiger partial charge in [-0.25, -0.2) is 4.39 Å². The Morgan fingerprint density at radius 2 is 2.00 bits per heavy atom. The van der Waals surface area contributed by atoms with Gasteiger partial charge in [0.15, 0.2) is 16.2 Å². The van der Waals surface area contributed by atoms with Crippen LogP contribution in [0, 0.1) is 5.82 Å². The van der Waals surface area contributed by atoms with Crippen LogP contribution < -0.4 is 5.73 Å². The van der Waals surface area contributed by atoms with Crippen LogP contribution >= 0.6 is 27.5 Å². The van der Waals surface area contributed by atoms with Crippen LogP contribution in [0.5, 0.6) is 0 Å². The zero-order chi connectivity index (χ0) is 14.3. The minimum Gasteiger partial charge on any atom is -0.446 e. The molecule has 0 unspecified atom stereocenters. The maximum absolute atomic E-state index is 14.0. The van der Waals surface area contributed by atoms with Gasteiger partial charge < -0.3 is 14.7 Å². The van der Waals surface area contributed by atoms with E-state index >= 15 is 0 Å². The normalized spacial score (nSPS) is 10.9. The Morgan fingerprint density at radius 1 is 1.20 bits per heavy atom. The fourth-order valence-corrected chi connectivity index (χ4v) is 2.45. The number of rotatable bonds is 2. The minimum absolute atomic E-state index is 0.0412. The Hall–Kier alpha value is -1.79. The van der Waals surface area contributed by atoms with E-state index in [-0.39, 0.29) is 27.7 Å². The molecule has 0 aliphatic rings. The molecular weight excluding hydrogens is 351 g/mol. The van der Waals surface area contributed by atoms with Crippen molar-refractivity contribution in [3.8, 4) is 22.6 Å². The van der Waals surface area contributed by atoms with Crippen LogP contribution in [-0.2, 0) is 0 Å². The van der Waals surface area contributed by atoms with Gasteiger partial charge in [0.2, 0.25) is 5.76 Å². The molecule has 0 amide bonds. The van der Waals surface area contributed by atoms with E-state index in [2.05, 4.69) is 21.1 Å². The summed E-state index contributed by atoms with van der Waals surface area (Å²) in [4.78, 5) is 0. The smallest absolute Gasteiger partial charge is 0.212 e. The Bertz CT molecular complexity index is 764. The molecule has 0 bridgehead atoms. The number of aromatic nitrogens is 1. The van der Waals surface area contributed by atoms with Gasteiger partial charge in [0.05, 0.1) is 10.6 Å². The van der Waals surface area contributed by atoms with Gasteiger partial charge in [-0.1, -0.05) is 22.8 Å². The van der Waals surface area contributed by atoms with Crippen molar-refractivity contribution in [2.45, 2.75) is 0 Å². The van der Waals surface area contributed by atoms with Crippen molar-refractivity contribution in [3.05, 3.63) is 45.8 Å². The van der Waals surface area contributed by atoms with Crippen molar-refractivity contribution in [2.75, 3.05) is 5.73 Å². The second-order valence-corrected chi connectivity index (χ2v) is 5.16. The highest BCUT2D eigenvalue weighted by Crippen LogP contribution is 2.41. The molecular formula is C13H7BrClFN2O2. The van der Waals surface area contributed by atoms with Crippen molar-refractivity contribution >= 4 is 33.3 Å². The number of nitrogen functional groups attached to an aromatic ring is 1.